The van der Waals surface area contributed by atoms with E-state index in [0.29, 0.717) is 12.1 Å². The molecule has 2 aliphatic rings. The van der Waals surface area contributed by atoms with Gasteiger partial charge < -0.3 is 14.8 Å². The van der Waals surface area contributed by atoms with Gasteiger partial charge >= 0.3 is 0 Å². The summed E-state index contributed by atoms with van der Waals surface area (Å²) in [5, 5.41) is 3.43. The van der Waals surface area contributed by atoms with Crippen molar-refractivity contribution < 1.29 is 9.47 Å². The van der Waals surface area contributed by atoms with Gasteiger partial charge in [-0.3, -0.25) is 0 Å². The lowest BCUT2D eigenvalue weighted by atomic mass is 9.85. The van der Waals surface area contributed by atoms with Crippen LogP contribution in [0.5, 0.6) is 0 Å². The minimum absolute atomic E-state index is 0.264. The highest BCUT2D eigenvalue weighted by atomic mass is 16.5. The average molecular weight is 275 g/mol. The molecule has 1 N–H and O–H groups in total. The van der Waals surface area contributed by atoms with Crippen molar-refractivity contribution in [2.75, 3.05) is 20.3 Å². The van der Waals surface area contributed by atoms with Gasteiger partial charge in [-0.2, -0.15) is 0 Å². The average Bonchev–Trinajstić information content (AvgIpc) is 2.53. The van der Waals surface area contributed by atoms with E-state index in [4.69, 9.17) is 9.47 Å². The lowest BCUT2D eigenvalue weighted by molar-refractivity contribution is -0.0739. The SMILES string of the molecule is CNC1c2ccccc2CCC1OCC1CCCCO1. The Kier molecular flexibility index (Phi) is 4.71. The van der Waals surface area contributed by atoms with Crippen LogP contribution in [0.1, 0.15) is 42.9 Å². The topological polar surface area (TPSA) is 30.5 Å². The van der Waals surface area contributed by atoms with Gasteiger partial charge in [0.15, 0.2) is 0 Å². The molecule has 20 heavy (non-hydrogen) atoms. The number of hydrogen-bond acceptors (Lipinski definition) is 3. The summed E-state index contributed by atoms with van der Waals surface area (Å²) in [6.45, 7) is 1.64. The molecule has 0 amide bonds. The Morgan fingerprint density at radius 1 is 1.25 bits per heavy atom. The number of nitrogens with one attached hydrogen (secondary N) is 1. The normalized spacial score (nSPS) is 29.9. The minimum atomic E-state index is 0.264. The fourth-order valence-corrected chi connectivity index (χ4v) is 3.42. The molecular formula is C17H25NO2. The van der Waals surface area contributed by atoms with Crippen LogP contribution in [0, 0.1) is 0 Å². The molecule has 0 bridgehead atoms. The van der Waals surface area contributed by atoms with E-state index in [1.807, 2.05) is 7.05 Å². The largest absolute Gasteiger partial charge is 0.376 e. The molecule has 0 spiro atoms. The van der Waals surface area contributed by atoms with E-state index in [-0.39, 0.29) is 6.10 Å². The van der Waals surface area contributed by atoms with Gasteiger partial charge in [-0.15, -0.1) is 0 Å². The first-order valence-corrected chi connectivity index (χ1v) is 7.87. The molecule has 0 aromatic heterocycles. The van der Waals surface area contributed by atoms with Crippen LogP contribution in [0.25, 0.3) is 0 Å². The zero-order chi connectivity index (χ0) is 13.8. The zero-order valence-corrected chi connectivity index (χ0v) is 12.3. The molecule has 3 unspecified atom stereocenters. The molecule has 0 saturated carbocycles. The number of ether oxygens (including phenoxy) is 2. The molecule has 3 rings (SSSR count). The highest BCUT2D eigenvalue weighted by Crippen LogP contribution is 2.31. The van der Waals surface area contributed by atoms with Crippen molar-refractivity contribution in [3.63, 3.8) is 0 Å². The molecule has 3 nitrogen and oxygen atoms in total. The van der Waals surface area contributed by atoms with Gasteiger partial charge in [0.05, 0.1) is 24.9 Å². The van der Waals surface area contributed by atoms with Gasteiger partial charge in [-0.1, -0.05) is 24.3 Å². The van der Waals surface area contributed by atoms with Crippen LogP contribution in [0.2, 0.25) is 0 Å². The van der Waals surface area contributed by atoms with Gasteiger partial charge in [0.1, 0.15) is 0 Å². The summed E-state index contributed by atoms with van der Waals surface area (Å²) in [5.74, 6) is 0. The third kappa shape index (κ3) is 3.05. The van der Waals surface area contributed by atoms with Gasteiger partial charge in [-0.05, 0) is 50.3 Å². The molecule has 0 radical (unpaired) electrons. The van der Waals surface area contributed by atoms with Gasteiger partial charge in [0.2, 0.25) is 0 Å². The summed E-state index contributed by atoms with van der Waals surface area (Å²) in [6.07, 6.45) is 6.40. The van der Waals surface area contributed by atoms with Crippen molar-refractivity contribution >= 4 is 0 Å². The molecule has 110 valence electrons. The summed E-state index contributed by atoms with van der Waals surface area (Å²) < 4.78 is 12.0. The van der Waals surface area contributed by atoms with E-state index in [1.165, 1.54) is 24.0 Å². The van der Waals surface area contributed by atoms with Crippen molar-refractivity contribution in [1.82, 2.24) is 5.32 Å². The second kappa shape index (κ2) is 6.70. The van der Waals surface area contributed by atoms with Gasteiger partial charge in [0.25, 0.3) is 0 Å². The number of aryl methyl sites for hydroxylation is 1. The highest BCUT2D eigenvalue weighted by molar-refractivity contribution is 5.33. The van der Waals surface area contributed by atoms with Gasteiger partial charge in [-0.25, -0.2) is 0 Å². The van der Waals surface area contributed by atoms with Crippen LogP contribution in [0.15, 0.2) is 24.3 Å². The number of benzene rings is 1. The molecule has 1 aliphatic carbocycles. The molecule has 1 fully saturated rings. The Bertz CT molecular complexity index is 429. The van der Waals surface area contributed by atoms with E-state index in [9.17, 15) is 0 Å². The molecule has 1 aromatic carbocycles. The number of rotatable bonds is 4. The van der Waals surface area contributed by atoms with Crippen LogP contribution in [-0.2, 0) is 15.9 Å². The van der Waals surface area contributed by atoms with Gasteiger partial charge in [0, 0.05) is 6.61 Å². The molecule has 1 aliphatic heterocycles. The summed E-state index contributed by atoms with van der Waals surface area (Å²) in [4.78, 5) is 0. The number of fused-ring (bicyclic) bond motifs is 1. The van der Waals surface area contributed by atoms with Crippen LogP contribution in [0.4, 0.5) is 0 Å². The molecule has 3 atom stereocenters. The van der Waals surface area contributed by atoms with E-state index in [1.54, 1.807) is 0 Å². The van der Waals surface area contributed by atoms with Crippen molar-refractivity contribution in [3.05, 3.63) is 35.4 Å². The lowest BCUT2D eigenvalue weighted by Crippen LogP contribution is -2.38. The molecule has 1 aromatic rings. The van der Waals surface area contributed by atoms with Crippen LogP contribution in [0.3, 0.4) is 0 Å². The predicted molar refractivity (Wildman–Crippen MR) is 79.9 cm³/mol. The molecule has 3 heteroatoms. The predicted octanol–water partition coefficient (Wildman–Crippen LogP) is 2.85. The Balaban J connectivity index is 1.62. The number of likely N-dealkylation sites (N-methyl/N-ethyl adjacent to an activating group) is 1. The van der Waals surface area contributed by atoms with Crippen LogP contribution >= 0.6 is 0 Å². The first-order valence-electron chi connectivity index (χ1n) is 7.87. The maximum atomic E-state index is 6.20. The second-order valence-corrected chi connectivity index (χ2v) is 5.86. The number of hydrogen-bond donors (Lipinski definition) is 1. The van der Waals surface area contributed by atoms with E-state index in [0.717, 1.165) is 32.5 Å². The van der Waals surface area contributed by atoms with Crippen LogP contribution < -0.4 is 5.32 Å². The molecule has 1 heterocycles. The van der Waals surface area contributed by atoms with E-state index >= 15 is 0 Å². The van der Waals surface area contributed by atoms with Crippen molar-refractivity contribution in [1.29, 1.82) is 0 Å². The van der Waals surface area contributed by atoms with E-state index < -0.39 is 0 Å². The van der Waals surface area contributed by atoms with Crippen molar-refractivity contribution in [2.45, 2.75) is 50.4 Å². The Hall–Kier alpha value is -0.900. The lowest BCUT2D eigenvalue weighted by Gasteiger charge is -2.34. The Morgan fingerprint density at radius 3 is 2.95 bits per heavy atom. The Morgan fingerprint density at radius 2 is 2.15 bits per heavy atom. The smallest absolute Gasteiger partial charge is 0.0808 e. The Labute approximate surface area is 121 Å². The molecular weight excluding hydrogens is 250 g/mol. The summed E-state index contributed by atoms with van der Waals surface area (Å²) in [7, 11) is 2.03. The monoisotopic (exact) mass is 275 g/mol. The maximum absolute atomic E-state index is 6.20. The highest BCUT2D eigenvalue weighted by Gasteiger charge is 2.29. The first-order chi connectivity index (χ1) is 9.88. The summed E-state index contributed by atoms with van der Waals surface area (Å²) >= 11 is 0. The maximum Gasteiger partial charge on any atom is 0.0808 e. The summed E-state index contributed by atoms with van der Waals surface area (Å²) in [6, 6.07) is 9.02. The fraction of sp³-hybridized carbons (Fsp3) is 0.647. The van der Waals surface area contributed by atoms with Crippen molar-refractivity contribution in [2.24, 2.45) is 0 Å². The van der Waals surface area contributed by atoms with Crippen molar-refractivity contribution in [3.8, 4) is 0 Å². The van der Waals surface area contributed by atoms with Crippen LogP contribution in [-0.4, -0.2) is 32.5 Å². The summed E-state index contributed by atoms with van der Waals surface area (Å²) in [5.41, 5.74) is 2.86. The minimum Gasteiger partial charge on any atom is -0.376 e. The quantitative estimate of drug-likeness (QED) is 0.916. The first kappa shape index (κ1) is 14.1. The zero-order valence-electron chi connectivity index (χ0n) is 12.3. The standard InChI is InChI=1S/C17H25NO2/c1-18-17-15-8-3-2-6-13(15)9-10-16(17)20-12-14-7-4-5-11-19-14/h2-3,6,8,14,16-18H,4-5,7,9-12H2,1H3. The van der Waals surface area contributed by atoms with E-state index in [2.05, 4.69) is 29.6 Å². The third-order valence-corrected chi connectivity index (χ3v) is 4.54. The molecule has 1 saturated heterocycles. The second-order valence-electron chi connectivity index (χ2n) is 5.86. The fourth-order valence-electron chi connectivity index (χ4n) is 3.42. The third-order valence-electron chi connectivity index (χ3n) is 4.54.